The van der Waals surface area contributed by atoms with Gasteiger partial charge in [0, 0.05) is 25.3 Å². The highest BCUT2D eigenvalue weighted by atomic mass is 127. The minimum absolute atomic E-state index is 0.0695. The molecule has 194 valence electrons. The predicted octanol–water partition coefficient (Wildman–Crippen LogP) is 4.45. The van der Waals surface area contributed by atoms with Crippen molar-refractivity contribution >= 4 is 40.3 Å². The monoisotopic (exact) mass is 618 g/mol. The molecule has 0 fully saturated rings. The molecular weight excluding hydrogens is 590 g/mol. The number of nitrogens with one attached hydrogen (secondary N) is 1. The van der Waals surface area contributed by atoms with Crippen LogP contribution in [0.25, 0.3) is 0 Å². The quantitative estimate of drug-likeness (QED) is 0.363. The van der Waals surface area contributed by atoms with E-state index in [4.69, 9.17) is 9.72 Å². The summed E-state index contributed by atoms with van der Waals surface area (Å²) < 4.78 is 22.4. The van der Waals surface area contributed by atoms with Gasteiger partial charge in [-0.2, -0.15) is 0 Å². The van der Waals surface area contributed by atoms with Gasteiger partial charge in [-0.25, -0.2) is 9.37 Å². The van der Waals surface area contributed by atoms with Gasteiger partial charge in [0.05, 0.1) is 23.3 Å². The van der Waals surface area contributed by atoms with Gasteiger partial charge in [-0.05, 0) is 89.2 Å². The van der Waals surface area contributed by atoms with Crippen molar-refractivity contribution in [2.45, 2.75) is 44.7 Å². The first-order valence-corrected chi connectivity index (χ1v) is 13.4. The first-order valence-electron chi connectivity index (χ1n) is 12.3. The summed E-state index contributed by atoms with van der Waals surface area (Å²) in [6.45, 7) is 1.81. The summed E-state index contributed by atoms with van der Waals surface area (Å²) in [5, 5.41) is 12.9. The number of ether oxygens (including phenoxy) is 1. The van der Waals surface area contributed by atoms with Gasteiger partial charge in [0.1, 0.15) is 11.5 Å². The number of carboxylic acids is 1. The van der Waals surface area contributed by atoms with Crippen LogP contribution in [0, 0.1) is 9.52 Å². The number of amides is 1. The molecule has 4 heterocycles. The zero-order chi connectivity index (χ0) is 26.1. The SMILES string of the molecule is COc1ccc(C(CC(=O)O)N2CCn3c(cc(CCc4ccc5c(n4)NCCC5)c3I)C2=O)cc1F. The number of aliphatic carboxylic acids is 1. The Morgan fingerprint density at radius 3 is 2.84 bits per heavy atom. The largest absolute Gasteiger partial charge is 0.494 e. The van der Waals surface area contributed by atoms with Crippen molar-refractivity contribution in [3.05, 3.63) is 74.0 Å². The molecule has 0 aliphatic carbocycles. The van der Waals surface area contributed by atoms with Crippen molar-refractivity contribution in [3.8, 4) is 5.75 Å². The van der Waals surface area contributed by atoms with E-state index in [-0.39, 0.29) is 18.1 Å². The number of carboxylic acid groups (broad SMARTS) is 1. The van der Waals surface area contributed by atoms with Crippen molar-refractivity contribution in [1.29, 1.82) is 0 Å². The Morgan fingerprint density at radius 2 is 2.08 bits per heavy atom. The van der Waals surface area contributed by atoms with E-state index in [1.807, 2.05) is 10.6 Å². The minimum Gasteiger partial charge on any atom is -0.494 e. The number of halogens is 2. The predicted molar refractivity (Wildman–Crippen MR) is 145 cm³/mol. The summed E-state index contributed by atoms with van der Waals surface area (Å²) in [5.41, 5.74) is 4.26. The molecule has 0 spiro atoms. The number of nitrogens with zero attached hydrogens (tertiary/aromatic N) is 3. The maximum Gasteiger partial charge on any atom is 0.305 e. The number of carbonyl (C=O) groups excluding carboxylic acids is 1. The summed E-state index contributed by atoms with van der Waals surface area (Å²) in [6.07, 6.45) is 3.33. The molecule has 2 aliphatic heterocycles. The molecule has 0 bridgehead atoms. The summed E-state index contributed by atoms with van der Waals surface area (Å²) in [6, 6.07) is 9.66. The molecule has 1 atom stereocenters. The third-order valence-corrected chi connectivity index (χ3v) is 8.33. The molecule has 8 nitrogen and oxygen atoms in total. The molecule has 2 N–H and O–H groups in total. The lowest BCUT2D eigenvalue weighted by Gasteiger charge is -2.35. The molecule has 0 radical (unpaired) electrons. The highest BCUT2D eigenvalue weighted by Crippen LogP contribution is 2.33. The molecule has 2 aliphatic rings. The normalized spacial score (nSPS) is 15.5. The second kappa shape index (κ2) is 10.7. The number of anilines is 1. The van der Waals surface area contributed by atoms with Crippen LogP contribution in [0.5, 0.6) is 5.75 Å². The first-order chi connectivity index (χ1) is 17.9. The van der Waals surface area contributed by atoms with Crippen LogP contribution < -0.4 is 10.1 Å². The van der Waals surface area contributed by atoms with Crippen LogP contribution in [0.4, 0.5) is 10.2 Å². The zero-order valence-electron chi connectivity index (χ0n) is 20.5. The lowest BCUT2D eigenvalue weighted by atomic mass is 10.00. The topological polar surface area (TPSA) is 96.7 Å². The van der Waals surface area contributed by atoms with E-state index >= 15 is 0 Å². The van der Waals surface area contributed by atoms with Gasteiger partial charge in [-0.1, -0.05) is 12.1 Å². The number of hydrogen-bond acceptors (Lipinski definition) is 5. The van der Waals surface area contributed by atoms with E-state index in [0.29, 0.717) is 24.3 Å². The number of pyridine rings is 1. The molecule has 10 heteroatoms. The van der Waals surface area contributed by atoms with Crippen molar-refractivity contribution in [2.24, 2.45) is 0 Å². The number of benzene rings is 1. The Bertz CT molecular complexity index is 1360. The molecule has 37 heavy (non-hydrogen) atoms. The fraction of sp³-hybridized carbons (Fsp3) is 0.370. The van der Waals surface area contributed by atoms with Crippen LogP contribution in [-0.2, 0) is 30.6 Å². The molecular formula is C27H28FIN4O4. The number of methoxy groups -OCH3 is 1. The zero-order valence-corrected chi connectivity index (χ0v) is 22.6. The van der Waals surface area contributed by atoms with Crippen LogP contribution in [0.15, 0.2) is 36.4 Å². The number of hydrogen-bond donors (Lipinski definition) is 2. The number of aryl methyl sites for hydroxylation is 3. The molecule has 0 saturated carbocycles. The van der Waals surface area contributed by atoms with Crippen LogP contribution in [0.3, 0.4) is 0 Å². The van der Waals surface area contributed by atoms with Crippen LogP contribution in [0.1, 0.15) is 51.8 Å². The fourth-order valence-corrected chi connectivity index (χ4v) is 6.07. The second-order valence-electron chi connectivity index (χ2n) is 9.34. The molecule has 3 aromatic rings. The number of aromatic nitrogens is 2. The third-order valence-electron chi connectivity index (χ3n) is 7.06. The molecule has 1 aromatic carbocycles. The van der Waals surface area contributed by atoms with Gasteiger partial charge in [-0.3, -0.25) is 9.59 Å². The summed E-state index contributed by atoms with van der Waals surface area (Å²) in [4.78, 5) is 31.6. The standard InChI is InChI=1S/C27H28FIN4O4/c1-37-23-9-6-17(13-20(23)28)21(15-24(34)35)33-12-11-32-22(27(33)36)14-18(25(32)29)5-8-19-7-4-16-3-2-10-30-26(16)31-19/h4,6-7,9,13-14,21H,2-3,5,8,10-12,15H2,1H3,(H,30,31)(H,34,35). The average Bonchev–Trinajstić information content (AvgIpc) is 3.22. The summed E-state index contributed by atoms with van der Waals surface area (Å²) >= 11 is 2.28. The maximum absolute atomic E-state index is 14.4. The summed E-state index contributed by atoms with van der Waals surface area (Å²) in [5.74, 6) is -0.864. The van der Waals surface area contributed by atoms with Crippen LogP contribution >= 0.6 is 22.6 Å². The minimum atomic E-state index is -1.06. The van der Waals surface area contributed by atoms with Gasteiger partial charge in [-0.15, -0.1) is 0 Å². The van der Waals surface area contributed by atoms with Crippen molar-refractivity contribution in [1.82, 2.24) is 14.5 Å². The Balaban J connectivity index is 1.37. The van der Waals surface area contributed by atoms with Gasteiger partial charge in [0.25, 0.3) is 5.91 Å². The number of rotatable bonds is 8. The first kappa shape index (κ1) is 25.5. The molecule has 1 amide bonds. The van der Waals surface area contributed by atoms with E-state index in [1.54, 1.807) is 11.0 Å². The van der Waals surface area contributed by atoms with Crippen LogP contribution in [-0.4, -0.2) is 51.6 Å². The second-order valence-corrected chi connectivity index (χ2v) is 10.4. The highest BCUT2D eigenvalue weighted by molar-refractivity contribution is 14.1. The van der Waals surface area contributed by atoms with Crippen molar-refractivity contribution in [2.75, 3.05) is 25.5 Å². The van der Waals surface area contributed by atoms with E-state index in [0.717, 1.165) is 53.0 Å². The Kier molecular flexibility index (Phi) is 7.36. The Morgan fingerprint density at radius 1 is 1.24 bits per heavy atom. The molecule has 1 unspecified atom stereocenters. The molecule has 5 rings (SSSR count). The number of carbonyl (C=O) groups is 2. The van der Waals surface area contributed by atoms with Gasteiger partial charge < -0.3 is 24.6 Å². The number of fused-ring (bicyclic) bond motifs is 2. The van der Waals surface area contributed by atoms with Gasteiger partial charge >= 0.3 is 5.97 Å². The Hall–Kier alpha value is -3.15. The lowest BCUT2D eigenvalue weighted by molar-refractivity contribution is -0.138. The van der Waals surface area contributed by atoms with Gasteiger partial charge in [0.15, 0.2) is 11.6 Å². The third kappa shape index (κ3) is 5.16. The molecule has 2 aromatic heterocycles. The van der Waals surface area contributed by atoms with Crippen molar-refractivity contribution < 1.29 is 23.8 Å². The summed E-state index contributed by atoms with van der Waals surface area (Å²) in [7, 11) is 1.37. The van der Waals surface area contributed by atoms with E-state index in [1.165, 1.54) is 24.8 Å². The van der Waals surface area contributed by atoms with Crippen LogP contribution in [0.2, 0.25) is 0 Å². The Labute approximate surface area is 228 Å². The smallest absolute Gasteiger partial charge is 0.305 e. The van der Waals surface area contributed by atoms with E-state index in [9.17, 15) is 19.1 Å². The highest BCUT2D eigenvalue weighted by Gasteiger charge is 2.34. The van der Waals surface area contributed by atoms with E-state index in [2.05, 4.69) is 40.0 Å². The average molecular weight is 618 g/mol. The fourth-order valence-electron chi connectivity index (χ4n) is 5.14. The van der Waals surface area contributed by atoms with Gasteiger partial charge in [0.2, 0.25) is 0 Å². The van der Waals surface area contributed by atoms with Crippen molar-refractivity contribution in [3.63, 3.8) is 0 Å². The maximum atomic E-state index is 14.4. The lowest BCUT2D eigenvalue weighted by Crippen LogP contribution is -2.43. The molecule has 0 saturated heterocycles. The van der Waals surface area contributed by atoms with E-state index < -0.39 is 17.8 Å².